The van der Waals surface area contributed by atoms with Crippen LogP contribution in [0.15, 0.2) is 12.3 Å². The fourth-order valence-electron chi connectivity index (χ4n) is 0.682. The van der Waals surface area contributed by atoms with Gasteiger partial charge in [-0.25, -0.2) is 0 Å². The summed E-state index contributed by atoms with van der Waals surface area (Å²) in [5.74, 6) is -0.617. The Morgan fingerprint density at radius 1 is 1.46 bits per heavy atom. The molecule has 0 rings (SSSR count). The lowest BCUT2D eigenvalue weighted by Gasteiger charge is -2.12. The van der Waals surface area contributed by atoms with Gasteiger partial charge in [-0.1, -0.05) is 13.5 Å². The first-order valence-corrected chi connectivity index (χ1v) is 4.24. The predicted molar refractivity (Wildman–Crippen MR) is 50.9 cm³/mol. The molecule has 74 valence electrons. The molecule has 0 fully saturated rings. The summed E-state index contributed by atoms with van der Waals surface area (Å²) in [6, 6.07) is 0.0954. The van der Waals surface area contributed by atoms with Crippen LogP contribution in [0.1, 0.15) is 27.2 Å². The molecular weight excluding hydrogens is 168 g/mol. The van der Waals surface area contributed by atoms with Crippen LogP contribution in [-0.2, 0) is 9.59 Å². The third-order valence-electron chi connectivity index (χ3n) is 1.59. The van der Waals surface area contributed by atoms with Gasteiger partial charge in [-0.05, 0) is 13.3 Å². The van der Waals surface area contributed by atoms with Crippen molar-refractivity contribution in [2.75, 3.05) is 0 Å². The fraction of sp³-hybridized carbons (Fsp3) is 0.556. The SMILES string of the molecule is C=C(NC(C)=O)C(=O)NC(C)CC. The summed E-state index contributed by atoms with van der Waals surface area (Å²) in [6.07, 6.45) is 0.846. The van der Waals surface area contributed by atoms with Gasteiger partial charge in [-0.2, -0.15) is 0 Å². The molecule has 0 aromatic carbocycles. The van der Waals surface area contributed by atoms with E-state index in [0.29, 0.717) is 0 Å². The molecule has 0 radical (unpaired) electrons. The molecule has 0 saturated heterocycles. The quantitative estimate of drug-likeness (QED) is 0.627. The predicted octanol–water partition coefficient (Wildman–Crippen LogP) is 0.551. The van der Waals surface area contributed by atoms with E-state index >= 15 is 0 Å². The number of amides is 2. The lowest BCUT2D eigenvalue weighted by Crippen LogP contribution is -2.37. The van der Waals surface area contributed by atoms with Crippen LogP contribution in [0.4, 0.5) is 0 Å². The molecular formula is C9H16N2O2. The summed E-state index contributed by atoms with van der Waals surface area (Å²) in [5.41, 5.74) is 0.0906. The van der Waals surface area contributed by atoms with Crippen LogP contribution in [0.25, 0.3) is 0 Å². The van der Waals surface area contributed by atoms with Crippen molar-refractivity contribution in [2.45, 2.75) is 33.2 Å². The summed E-state index contributed by atoms with van der Waals surface area (Å²) in [5, 5.41) is 5.01. The maximum atomic E-state index is 11.2. The average Bonchev–Trinajstić information content (AvgIpc) is 2.02. The topological polar surface area (TPSA) is 58.2 Å². The van der Waals surface area contributed by atoms with Crippen LogP contribution in [0, 0.1) is 0 Å². The van der Waals surface area contributed by atoms with Gasteiger partial charge in [0.05, 0.1) is 5.70 Å². The highest BCUT2D eigenvalue weighted by Crippen LogP contribution is 1.91. The van der Waals surface area contributed by atoms with Crippen molar-refractivity contribution < 1.29 is 9.59 Å². The Morgan fingerprint density at radius 3 is 2.38 bits per heavy atom. The molecule has 0 aliphatic heterocycles. The molecule has 1 atom stereocenters. The zero-order valence-electron chi connectivity index (χ0n) is 8.31. The Labute approximate surface area is 78.4 Å². The van der Waals surface area contributed by atoms with Gasteiger partial charge in [0.2, 0.25) is 5.91 Å². The van der Waals surface area contributed by atoms with Gasteiger partial charge in [0, 0.05) is 13.0 Å². The van der Waals surface area contributed by atoms with E-state index in [1.54, 1.807) is 0 Å². The normalized spacial score (nSPS) is 11.6. The molecule has 2 amide bonds. The molecule has 4 nitrogen and oxygen atoms in total. The van der Waals surface area contributed by atoms with Crippen molar-refractivity contribution in [1.29, 1.82) is 0 Å². The van der Waals surface area contributed by atoms with Crippen molar-refractivity contribution in [3.8, 4) is 0 Å². The van der Waals surface area contributed by atoms with Gasteiger partial charge in [-0.15, -0.1) is 0 Å². The smallest absolute Gasteiger partial charge is 0.267 e. The van der Waals surface area contributed by atoms with E-state index in [9.17, 15) is 9.59 Å². The van der Waals surface area contributed by atoms with Crippen LogP contribution in [0.2, 0.25) is 0 Å². The summed E-state index contributed by atoms with van der Waals surface area (Å²) in [7, 11) is 0. The maximum absolute atomic E-state index is 11.2. The Kier molecular flexibility index (Phi) is 4.80. The van der Waals surface area contributed by atoms with E-state index in [2.05, 4.69) is 17.2 Å². The fourth-order valence-corrected chi connectivity index (χ4v) is 0.682. The summed E-state index contributed by atoms with van der Waals surface area (Å²) < 4.78 is 0. The maximum Gasteiger partial charge on any atom is 0.267 e. The van der Waals surface area contributed by atoms with Crippen LogP contribution in [0.3, 0.4) is 0 Å². The van der Waals surface area contributed by atoms with Gasteiger partial charge < -0.3 is 10.6 Å². The minimum atomic E-state index is -0.329. The lowest BCUT2D eigenvalue weighted by molar-refractivity contribution is -0.122. The number of rotatable bonds is 4. The summed E-state index contributed by atoms with van der Waals surface area (Å²) in [4.78, 5) is 21.8. The molecule has 0 saturated carbocycles. The standard InChI is InChI=1S/C9H16N2O2/c1-5-6(2)10-9(13)7(3)11-8(4)12/h6H,3,5H2,1-2,4H3,(H,10,13)(H,11,12). The Hall–Kier alpha value is -1.32. The zero-order valence-corrected chi connectivity index (χ0v) is 8.31. The largest absolute Gasteiger partial charge is 0.348 e. The molecule has 0 aliphatic carbocycles. The molecule has 0 spiro atoms. The minimum Gasteiger partial charge on any atom is -0.348 e. The van der Waals surface area contributed by atoms with E-state index in [1.165, 1.54) is 6.92 Å². The van der Waals surface area contributed by atoms with E-state index in [0.717, 1.165) is 6.42 Å². The number of hydrogen-bond donors (Lipinski definition) is 2. The Bertz CT molecular complexity index is 224. The highest BCUT2D eigenvalue weighted by molar-refractivity contribution is 5.96. The average molecular weight is 184 g/mol. The zero-order chi connectivity index (χ0) is 10.4. The van der Waals surface area contributed by atoms with Gasteiger partial charge >= 0.3 is 0 Å². The molecule has 2 N–H and O–H groups in total. The van der Waals surface area contributed by atoms with Crippen molar-refractivity contribution in [2.24, 2.45) is 0 Å². The highest BCUT2D eigenvalue weighted by Gasteiger charge is 2.09. The van der Waals surface area contributed by atoms with E-state index in [-0.39, 0.29) is 23.6 Å². The second-order valence-corrected chi connectivity index (χ2v) is 2.94. The third kappa shape index (κ3) is 5.00. The van der Waals surface area contributed by atoms with E-state index < -0.39 is 0 Å². The van der Waals surface area contributed by atoms with Crippen molar-refractivity contribution in [1.82, 2.24) is 10.6 Å². The van der Waals surface area contributed by atoms with Crippen LogP contribution in [0.5, 0.6) is 0 Å². The van der Waals surface area contributed by atoms with Crippen molar-refractivity contribution in [3.05, 3.63) is 12.3 Å². The Morgan fingerprint density at radius 2 is 2.00 bits per heavy atom. The van der Waals surface area contributed by atoms with Crippen LogP contribution < -0.4 is 10.6 Å². The lowest BCUT2D eigenvalue weighted by atomic mass is 10.2. The van der Waals surface area contributed by atoms with Gasteiger partial charge in [0.15, 0.2) is 0 Å². The summed E-state index contributed by atoms with van der Waals surface area (Å²) in [6.45, 7) is 8.63. The molecule has 0 bridgehead atoms. The molecule has 0 aromatic rings. The Balaban J connectivity index is 3.97. The van der Waals surface area contributed by atoms with E-state index in [1.807, 2.05) is 13.8 Å². The molecule has 4 heteroatoms. The number of nitrogens with one attached hydrogen (secondary N) is 2. The first-order valence-electron chi connectivity index (χ1n) is 4.24. The molecule has 1 unspecified atom stereocenters. The van der Waals surface area contributed by atoms with Gasteiger partial charge in [0.1, 0.15) is 0 Å². The first-order chi connectivity index (χ1) is 5.97. The molecule has 0 heterocycles. The van der Waals surface area contributed by atoms with Crippen molar-refractivity contribution >= 4 is 11.8 Å². The molecule has 0 aromatic heterocycles. The van der Waals surface area contributed by atoms with Crippen LogP contribution >= 0.6 is 0 Å². The number of carbonyl (C=O) groups excluding carboxylic acids is 2. The number of hydrogen-bond acceptors (Lipinski definition) is 2. The first kappa shape index (κ1) is 11.7. The molecule has 0 aliphatic rings. The highest BCUT2D eigenvalue weighted by atomic mass is 16.2. The minimum absolute atomic E-state index is 0.0906. The van der Waals surface area contributed by atoms with Crippen LogP contribution in [-0.4, -0.2) is 17.9 Å². The molecule has 13 heavy (non-hydrogen) atoms. The van der Waals surface area contributed by atoms with Crippen molar-refractivity contribution in [3.63, 3.8) is 0 Å². The monoisotopic (exact) mass is 184 g/mol. The van der Waals surface area contributed by atoms with Gasteiger partial charge in [-0.3, -0.25) is 9.59 Å². The number of carbonyl (C=O) groups is 2. The third-order valence-corrected chi connectivity index (χ3v) is 1.59. The second kappa shape index (κ2) is 5.35. The second-order valence-electron chi connectivity index (χ2n) is 2.94. The van der Waals surface area contributed by atoms with E-state index in [4.69, 9.17) is 0 Å². The van der Waals surface area contributed by atoms with Gasteiger partial charge in [0.25, 0.3) is 5.91 Å². The summed E-state index contributed by atoms with van der Waals surface area (Å²) >= 11 is 0.